The highest BCUT2D eigenvalue weighted by Crippen LogP contribution is 2.29. The predicted molar refractivity (Wildman–Crippen MR) is 111 cm³/mol. The standard InChI is InChI=1S/C20H21N5O3.ClH/c26-18(17-3-1-14-28-17)23-15-4-6-16(7-5-15)24-19(27)20(8-11-21-12-9-20)25-13-2-10-22-25;/h1-7,10,13-14,21H,8-9,11-12H2,(H,23,26)(H,24,27);1H. The van der Waals surface area contributed by atoms with Crippen LogP contribution < -0.4 is 16.0 Å². The van der Waals surface area contributed by atoms with E-state index in [2.05, 4.69) is 21.0 Å². The number of amides is 2. The molecule has 0 aliphatic carbocycles. The van der Waals surface area contributed by atoms with Gasteiger partial charge in [-0.2, -0.15) is 5.10 Å². The fourth-order valence-electron chi connectivity index (χ4n) is 3.41. The minimum atomic E-state index is -0.707. The van der Waals surface area contributed by atoms with E-state index in [-0.39, 0.29) is 30.0 Å². The van der Waals surface area contributed by atoms with Gasteiger partial charge in [0.05, 0.1) is 6.26 Å². The lowest BCUT2D eigenvalue weighted by atomic mass is 9.87. The van der Waals surface area contributed by atoms with Crippen molar-refractivity contribution in [3.63, 3.8) is 0 Å². The largest absolute Gasteiger partial charge is 0.459 e. The Morgan fingerprint density at radius 2 is 1.72 bits per heavy atom. The number of anilines is 2. The van der Waals surface area contributed by atoms with Gasteiger partial charge >= 0.3 is 0 Å². The summed E-state index contributed by atoms with van der Waals surface area (Å²) in [5.41, 5.74) is 0.565. The van der Waals surface area contributed by atoms with Crippen LogP contribution in [0.25, 0.3) is 0 Å². The van der Waals surface area contributed by atoms with E-state index < -0.39 is 5.54 Å². The fraction of sp³-hybridized carbons (Fsp3) is 0.250. The molecule has 1 aliphatic heterocycles. The lowest BCUT2D eigenvalue weighted by Gasteiger charge is -2.36. The summed E-state index contributed by atoms with van der Waals surface area (Å²) in [6, 6.07) is 12.1. The number of hydrogen-bond donors (Lipinski definition) is 3. The van der Waals surface area contributed by atoms with Crippen molar-refractivity contribution < 1.29 is 14.0 Å². The number of nitrogens with one attached hydrogen (secondary N) is 3. The first-order valence-corrected chi connectivity index (χ1v) is 9.15. The van der Waals surface area contributed by atoms with Crippen LogP contribution in [0.4, 0.5) is 11.4 Å². The highest BCUT2D eigenvalue weighted by atomic mass is 35.5. The maximum absolute atomic E-state index is 13.1. The van der Waals surface area contributed by atoms with Crippen LogP contribution in [0.1, 0.15) is 23.4 Å². The van der Waals surface area contributed by atoms with Crippen LogP contribution in [0.2, 0.25) is 0 Å². The lowest BCUT2D eigenvalue weighted by molar-refractivity contribution is -0.126. The van der Waals surface area contributed by atoms with Crippen LogP contribution in [-0.4, -0.2) is 34.7 Å². The van der Waals surface area contributed by atoms with Crippen molar-refractivity contribution in [1.29, 1.82) is 0 Å². The SMILES string of the molecule is Cl.O=C(Nc1ccc(NC(=O)C2(n3cccn3)CCNCC2)cc1)c1ccco1. The highest BCUT2D eigenvalue weighted by Gasteiger charge is 2.42. The summed E-state index contributed by atoms with van der Waals surface area (Å²) in [5, 5.41) is 13.3. The fourth-order valence-corrected chi connectivity index (χ4v) is 3.41. The van der Waals surface area contributed by atoms with E-state index in [1.807, 2.05) is 12.3 Å². The van der Waals surface area contributed by atoms with Crippen molar-refractivity contribution in [1.82, 2.24) is 15.1 Å². The summed E-state index contributed by atoms with van der Waals surface area (Å²) in [6.45, 7) is 1.51. The van der Waals surface area contributed by atoms with Gasteiger partial charge in [-0.15, -0.1) is 12.4 Å². The smallest absolute Gasteiger partial charge is 0.291 e. The molecule has 0 unspecified atom stereocenters. The number of piperidine rings is 1. The van der Waals surface area contributed by atoms with Gasteiger partial charge in [-0.1, -0.05) is 0 Å². The van der Waals surface area contributed by atoms with Crippen LogP contribution in [0.3, 0.4) is 0 Å². The molecular formula is C20H22ClN5O3. The molecule has 2 amide bonds. The van der Waals surface area contributed by atoms with E-state index >= 15 is 0 Å². The van der Waals surface area contributed by atoms with Gasteiger partial charge in [0, 0.05) is 23.8 Å². The maximum Gasteiger partial charge on any atom is 0.291 e. The Morgan fingerprint density at radius 3 is 2.31 bits per heavy atom. The Labute approximate surface area is 174 Å². The van der Waals surface area contributed by atoms with Gasteiger partial charge in [0.15, 0.2) is 5.76 Å². The van der Waals surface area contributed by atoms with Gasteiger partial charge in [-0.05, 0) is 68.4 Å². The monoisotopic (exact) mass is 415 g/mol. The average Bonchev–Trinajstić information content (AvgIpc) is 3.44. The first-order valence-electron chi connectivity index (χ1n) is 9.15. The van der Waals surface area contributed by atoms with Gasteiger partial charge in [0.25, 0.3) is 11.8 Å². The van der Waals surface area contributed by atoms with Crippen molar-refractivity contribution in [2.45, 2.75) is 18.4 Å². The number of carbonyl (C=O) groups excluding carboxylic acids is 2. The molecule has 1 fully saturated rings. The number of benzene rings is 1. The van der Waals surface area contributed by atoms with Crippen molar-refractivity contribution >= 4 is 35.6 Å². The molecule has 29 heavy (non-hydrogen) atoms. The van der Waals surface area contributed by atoms with Crippen molar-refractivity contribution in [3.05, 3.63) is 66.9 Å². The highest BCUT2D eigenvalue weighted by molar-refractivity contribution is 6.02. The van der Waals surface area contributed by atoms with Crippen LogP contribution in [0.5, 0.6) is 0 Å². The van der Waals surface area contributed by atoms with E-state index in [1.54, 1.807) is 47.3 Å². The van der Waals surface area contributed by atoms with E-state index in [0.717, 1.165) is 13.1 Å². The summed E-state index contributed by atoms with van der Waals surface area (Å²) < 4.78 is 6.83. The van der Waals surface area contributed by atoms with Crippen LogP contribution in [0.15, 0.2) is 65.5 Å². The Bertz CT molecular complexity index is 933. The summed E-state index contributed by atoms with van der Waals surface area (Å²) in [4.78, 5) is 25.2. The predicted octanol–water partition coefficient (Wildman–Crippen LogP) is 2.87. The molecule has 152 valence electrons. The zero-order valence-electron chi connectivity index (χ0n) is 15.6. The molecule has 4 rings (SSSR count). The molecule has 0 bridgehead atoms. The molecule has 3 N–H and O–H groups in total. The van der Waals surface area contributed by atoms with Crippen LogP contribution in [-0.2, 0) is 10.3 Å². The van der Waals surface area contributed by atoms with Gasteiger partial charge in [0.1, 0.15) is 5.54 Å². The molecule has 3 aromatic rings. The Balaban J connectivity index is 0.00000240. The van der Waals surface area contributed by atoms with Gasteiger partial charge < -0.3 is 20.4 Å². The maximum atomic E-state index is 13.1. The molecule has 0 saturated carbocycles. The molecule has 0 spiro atoms. The Morgan fingerprint density at radius 1 is 1.03 bits per heavy atom. The van der Waals surface area contributed by atoms with Gasteiger partial charge in [-0.25, -0.2) is 0 Å². The van der Waals surface area contributed by atoms with E-state index in [4.69, 9.17) is 4.42 Å². The van der Waals surface area contributed by atoms with Crippen molar-refractivity contribution in [2.24, 2.45) is 0 Å². The number of hydrogen-bond acceptors (Lipinski definition) is 5. The zero-order valence-corrected chi connectivity index (χ0v) is 16.4. The average molecular weight is 416 g/mol. The summed E-state index contributed by atoms with van der Waals surface area (Å²) in [6.07, 6.45) is 6.30. The second-order valence-electron chi connectivity index (χ2n) is 6.70. The number of carbonyl (C=O) groups is 2. The van der Waals surface area contributed by atoms with E-state index in [9.17, 15) is 9.59 Å². The molecule has 8 nitrogen and oxygen atoms in total. The Hall–Kier alpha value is -3.10. The number of halogens is 1. The van der Waals surface area contributed by atoms with Crippen LogP contribution in [0, 0.1) is 0 Å². The molecule has 1 saturated heterocycles. The number of nitrogens with zero attached hydrogens (tertiary/aromatic N) is 2. The normalized spacial score (nSPS) is 15.2. The Kier molecular flexibility index (Phi) is 6.36. The number of furan rings is 1. The summed E-state index contributed by atoms with van der Waals surface area (Å²) in [5.74, 6) is -0.177. The number of rotatable bonds is 5. The minimum Gasteiger partial charge on any atom is -0.459 e. The van der Waals surface area contributed by atoms with Crippen molar-refractivity contribution in [2.75, 3.05) is 23.7 Å². The molecule has 9 heteroatoms. The minimum absolute atomic E-state index is 0. The zero-order chi connectivity index (χ0) is 19.4. The van der Waals surface area contributed by atoms with Crippen LogP contribution >= 0.6 is 12.4 Å². The first-order chi connectivity index (χ1) is 13.7. The summed E-state index contributed by atoms with van der Waals surface area (Å²) >= 11 is 0. The first kappa shape index (κ1) is 20.6. The topological polar surface area (TPSA) is 101 Å². The molecule has 1 aliphatic rings. The third-order valence-corrected chi connectivity index (χ3v) is 4.94. The van der Waals surface area contributed by atoms with Gasteiger partial charge in [0.2, 0.25) is 0 Å². The lowest BCUT2D eigenvalue weighted by Crippen LogP contribution is -2.52. The third kappa shape index (κ3) is 4.33. The van der Waals surface area contributed by atoms with E-state index in [0.29, 0.717) is 24.2 Å². The van der Waals surface area contributed by atoms with E-state index in [1.165, 1.54) is 6.26 Å². The number of aromatic nitrogens is 2. The van der Waals surface area contributed by atoms with Gasteiger partial charge in [-0.3, -0.25) is 14.3 Å². The molecule has 1 aromatic carbocycles. The molecule has 2 aromatic heterocycles. The summed E-state index contributed by atoms with van der Waals surface area (Å²) in [7, 11) is 0. The second-order valence-corrected chi connectivity index (χ2v) is 6.70. The molecule has 0 atom stereocenters. The molecule has 3 heterocycles. The molecule has 0 radical (unpaired) electrons. The quantitative estimate of drug-likeness (QED) is 0.594. The van der Waals surface area contributed by atoms with Crippen molar-refractivity contribution in [3.8, 4) is 0 Å². The third-order valence-electron chi connectivity index (χ3n) is 4.94. The molecular weight excluding hydrogens is 394 g/mol. The second kappa shape index (κ2) is 8.93.